The van der Waals surface area contributed by atoms with E-state index < -0.39 is 6.09 Å². The van der Waals surface area contributed by atoms with Crippen LogP contribution in [0.3, 0.4) is 0 Å². The van der Waals surface area contributed by atoms with Crippen molar-refractivity contribution in [3.05, 3.63) is 58.1 Å². The lowest BCUT2D eigenvalue weighted by molar-refractivity contribution is -0.118. The fourth-order valence-electron chi connectivity index (χ4n) is 4.95. The maximum absolute atomic E-state index is 14.6. The van der Waals surface area contributed by atoms with Gasteiger partial charge in [-0.2, -0.15) is 0 Å². The Hall–Kier alpha value is -3.99. The molecule has 6 rings (SSSR count). The first-order valence-corrected chi connectivity index (χ1v) is 11.4. The molecule has 0 bridgehead atoms. The van der Waals surface area contributed by atoms with Gasteiger partial charge in [-0.1, -0.05) is 0 Å². The Morgan fingerprint density at radius 2 is 1.97 bits per heavy atom. The lowest BCUT2D eigenvalue weighted by Crippen LogP contribution is -2.30. The van der Waals surface area contributed by atoms with Crippen molar-refractivity contribution in [1.29, 1.82) is 0 Å². The second kappa shape index (κ2) is 8.35. The number of rotatable bonds is 6. The monoisotopic (exact) mass is 479 g/mol. The number of amides is 2. The van der Waals surface area contributed by atoms with Gasteiger partial charge in [-0.3, -0.25) is 14.5 Å². The average molecular weight is 479 g/mol. The predicted octanol–water partition coefficient (Wildman–Crippen LogP) is 1.97. The standard InChI is InChI=1S/C24H22FN5O5/c25-16-3-1-13-2-6-20(32)30-10-14(21(16)22(13)30)9-26-8-7-15-11-29(24(33)35-15)18-5-4-17-23(27-18)28-19(31)12-34-17/h1-6,14-15,26H,7-12H2,(H,27,28,31)/t14-,15+/m1/s1. The van der Waals surface area contributed by atoms with E-state index in [1.165, 1.54) is 17.0 Å². The molecule has 5 heterocycles. The molecule has 0 spiro atoms. The summed E-state index contributed by atoms with van der Waals surface area (Å²) in [6.45, 7) is 1.72. The number of aromatic nitrogens is 2. The summed E-state index contributed by atoms with van der Waals surface area (Å²) in [5.41, 5.74) is 1.11. The summed E-state index contributed by atoms with van der Waals surface area (Å²) in [6, 6.07) is 9.68. The van der Waals surface area contributed by atoms with Crippen LogP contribution in [0.5, 0.6) is 5.75 Å². The summed E-state index contributed by atoms with van der Waals surface area (Å²) >= 11 is 0. The van der Waals surface area contributed by atoms with E-state index >= 15 is 0 Å². The number of cyclic esters (lactones) is 1. The van der Waals surface area contributed by atoms with Crippen molar-refractivity contribution in [3.63, 3.8) is 0 Å². The third-order valence-electron chi connectivity index (χ3n) is 6.59. The van der Waals surface area contributed by atoms with Gasteiger partial charge in [0, 0.05) is 30.6 Å². The highest BCUT2D eigenvalue weighted by Crippen LogP contribution is 2.34. The highest BCUT2D eigenvalue weighted by molar-refractivity contribution is 5.95. The molecule has 2 amide bonds. The smallest absolute Gasteiger partial charge is 0.415 e. The summed E-state index contributed by atoms with van der Waals surface area (Å²) in [5, 5.41) is 6.80. The summed E-state index contributed by atoms with van der Waals surface area (Å²) in [5.74, 6) is 0.323. The molecular weight excluding hydrogens is 457 g/mol. The van der Waals surface area contributed by atoms with Crippen LogP contribution < -0.4 is 25.8 Å². The topological polar surface area (TPSA) is 115 Å². The molecule has 35 heavy (non-hydrogen) atoms. The molecule has 0 saturated carbocycles. The Bertz CT molecular complexity index is 1420. The number of fused-ring (bicyclic) bond motifs is 1. The minimum atomic E-state index is -0.509. The molecule has 2 atom stereocenters. The molecule has 11 heteroatoms. The van der Waals surface area contributed by atoms with Crippen LogP contribution in [0, 0.1) is 5.82 Å². The molecule has 180 valence electrons. The van der Waals surface area contributed by atoms with Crippen LogP contribution in [0.4, 0.5) is 20.8 Å². The number of carbonyl (C=O) groups is 2. The Balaban J connectivity index is 1.06. The third-order valence-corrected chi connectivity index (χ3v) is 6.59. The normalized spacial score (nSPS) is 20.5. The van der Waals surface area contributed by atoms with Crippen molar-refractivity contribution in [1.82, 2.24) is 14.9 Å². The van der Waals surface area contributed by atoms with Gasteiger partial charge in [0.05, 0.1) is 12.1 Å². The zero-order valence-corrected chi connectivity index (χ0v) is 18.6. The number of nitrogens with zero attached hydrogens (tertiary/aromatic N) is 3. The first-order chi connectivity index (χ1) is 17.0. The molecule has 0 aliphatic carbocycles. The van der Waals surface area contributed by atoms with Gasteiger partial charge >= 0.3 is 6.09 Å². The van der Waals surface area contributed by atoms with Crippen LogP contribution in [0.25, 0.3) is 10.9 Å². The van der Waals surface area contributed by atoms with E-state index in [4.69, 9.17) is 9.47 Å². The molecule has 1 saturated heterocycles. The second-order valence-electron chi connectivity index (χ2n) is 8.84. The first-order valence-electron chi connectivity index (χ1n) is 11.4. The number of halogens is 1. The van der Waals surface area contributed by atoms with Gasteiger partial charge < -0.3 is 24.7 Å². The molecule has 3 aliphatic rings. The third kappa shape index (κ3) is 3.77. The van der Waals surface area contributed by atoms with Crippen LogP contribution in [0.2, 0.25) is 0 Å². The van der Waals surface area contributed by atoms with Crippen LogP contribution in [0.15, 0.2) is 41.2 Å². The Kier molecular flexibility index (Phi) is 5.14. The fraction of sp³-hybridized carbons (Fsp3) is 0.333. The highest BCUT2D eigenvalue weighted by atomic mass is 19.1. The minimum Gasteiger partial charge on any atom is -0.480 e. The van der Waals surface area contributed by atoms with Crippen molar-refractivity contribution in [2.24, 2.45) is 0 Å². The molecule has 3 aliphatic heterocycles. The number of hydrogen-bond acceptors (Lipinski definition) is 7. The predicted molar refractivity (Wildman–Crippen MR) is 124 cm³/mol. The van der Waals surface area contributed by atoms with Crippen molar-refractivity contribution < 1.29 is 23.5 Å². The molecule has 1 aromatic carbocycles. The summed E-state index contributed by atoms with van der Waals surface area (Å²) in [4.78, 5) is 42.0. The van der Waals surface area contributed by atoms with Gasteiger partial charge in [0.1, 0.15) is 17.7 Å². The van der Waals surface area contributed by atoms with Gasteiger partial charge in [-0.15, -0.1) is 0 Å². The van der Waals surface area contributed by atoms with Crippen LogP contribution in [-0.2, 0) is 16.1 Å². The summed E-state index contributed by atoms with van der Waals surface area (Å²) < 4.78 is 27.0. The van der Waals surface area contributed by atoms with Crippen LogP contribution in [0.1, 0.15) is 17.9 Å². The maximum atomic E-state index is 14.6. The van der Waals surface area contributed by atoms with Gasteiger partial charge in [0.2, 0.25) is 0 Å². The quantitative estimate of drug-likeness (QED) is 0.520. The molecule has 2 N–H and O–H groups in total. The van der Waals surface area contributed by atoms with Gasteiger partial charge in [0.15, 0.2) is 18.2 Å². The number of pyridine rings is 2. The Morgan fingerprint density at radius 3 is 2.86 bits per heavy atom. The van der Waals surface area contributed by atoms with E-state index in [1.54, 1.807) is 28.8 Å². The van der Waals surface area contributed by atoms with E-state index in [-0.39, 0.29) is 41.7 Å². The summed E-state index contributed by atoms with van der Waals surface area (Å²) in [7, 11) is 0. The maximum Gasteiger partial charge on any atom is 0.415 e. The first kappa shape index (κ1) is 21.5. The van der Waals surface area contributed by atoms with Crippen LogP contribution >= 0.6 is 0 Å². The number of carbonyl (C=O) groups excluding carboxylic acids is 2. The lowest BCUT2D eigenvalue weighted by Gasteiger charge is -2.19. The Morgan fingerprint density at radius 1 is 1.11 bits per heavy atom. The van der Waals surface area contributed by atoms with E-state index in [1.807, 2.05) is 0 Å². The Labute approximate surface area is 198 Å². The molecule has 3 aromatic rings. The van der Waals surface area contributed by atoms with Gasteiger partial charge in [-0.05, 0) is 48.7 Å². The van der Waals surface area contributed by atoms with E-state index in [2.05, 4.69) is 15.6 Å². The number of anilines is 2. The largest absolute Gasteiger partial charge is 0.480 e. The average Bonchev–Trinajstić information content (AvgIpc) is 3.42. The number of hydrogen-bond donors (Lipinski definition) is 2. The van der Waals surface area contributed by atoms with E-state index in [0.717, 1.165) is 5.39 Å². The molecular formula is C24H22FN5O5. The lowest BCUT2D eigenvalue weighted by atomic mass is 9.99. The zero-order valence-electron chi connectivity index (χ0n) is 18.6. The number of ether oxygens (including phenoxy) is 2. The van der Waals surface area contributed by atoms with E-state index in [0.29, 0.717) is 55.2 Å². The van der Waals surface area contributed by atoms with E-state index in [9.17, 15) is 18.8 Å². The zero-order chi connectivity index (χ0) is 24.1. The molecule has 2 aromatic heterocycles. The SMILES string of the molecule is O=C1COc2ccc(N3C[C@H](CCNC[C@@H]4Cn5c(=O)ccc6ccc(F)c4c65)OC3=O)nc2N1. The molecule has 1 fully saturated rings. The fourth-order valence-corrected chi connectivity index (χ4v) is 4.95. The van der Waals surface area contributed by atoms with Crippen molar-refractivity contribution in [2.45, 2.75) is 25.0 Å². The molecule has 0 radical (unpaired) electrons. The second-order valence-corrected chi connectivity index (χ2v) is 8.84. The van der Waals surface area contributed by atoms with Crippen molar-refractivity contribution in [2.75, 3.05) is 36.5 Å². The highest BCUT2D eigenvalue weighted by Gasteiger charge is 2.34. The van der Waals surface area contributed by atoms with Gasteiger partial charge in [0.25, 0.3) is 11.5 Å². The van der Waals surface area contributed by atoms with Crippen LogP contribution in [-0.4, -0.2) is 53.9 Å². The number of nitrogens with one attached hydrogen (secondary N) is 2. The summed E-state index contributed by atoms with van der Waals surface area (Å²) in [6.07, 6.45) is -0.300. The molecule has 0 unspecified atom stereocenters. The van der Waals surface area contributed by atoms with Gasteiger partial charge in [-0.25, -0.2) is 14.2 Å². The number of benzene rings is 1. The van der Waals surface area contributed by atoms with Crippen molar-refractivity contribution in [3.8, 4) is 5.75 Å². The molecule has 10 nitrogen and oxygen atoms in total. The minimum absolute atomic E-state index is 0.0691. The van der Waals surface area contributed by atoms with Crippen molar-refractivity contribution >= 4 is 34.5 Å².